The Morgan fingerprint density at radius 2 is 1.65 bits per heavy atom. The topological polar surface area (TPSA) is 48.0 Å². The lowest BCUT2D eigenvalue weighted by Crippen LogP contribution is -2.29. The molecule has 0 aliphatic heterocycles. The zero-order valence-corrected chi connectivity index (χ0v) is 15.8. The Labute approximate surface area is 158 Å². The number of nitrogens with zero attached hydrogens (tertiary/aromatic N) is 1. The number of hydrogen-bond acceptors (Lipinski definition) is 4. The first-order valence-electron chi connectivity index (χ1n) is 8.06. The van der Waals surface area contributed by atoms with Gasteiger partial charge in [-0.2, -0.15) is 0 Å². The number of halogens is 1. The summed E-state index contributed by atoms with van der Waals surface area (Å²) in [6.45, 7) is 0.859. The van der Waals surface area contributed by atoms with E-state index >= 15 is 0 Å². The van der Waals surface area contributed by atoms with Crippen molar-refractivity contribution in [2.75, 3.05) is 34.4 Å². The first-order chi connectivity index (χ1) is 12.5. The van der Waals surface area contributed by atoms with Gasteiger partial charge in [-0.1, -0.05) is 11.6 Å². The number of ether oxygens (including phenoxy) is 3. The van der Waals surface area contributed by atoms with Crippen molar-refractivity contribution in [3.63, 3.8) is 0 Å². The maximum absolute atomic E-state index is 12.2. The summed E-state index contributed by atoms with van der Waals surface area (Å²) >= 11 is 5.83. The highest BCUT2D eigenvalue weighted by Gasteiger charge is 2.06. The van der Waals surface area contributed by atoms with Crippen LogP contribution in [0.2, 0.25) is 5.02 Å². The number of benzene rings is 2. The zero-order valence-electron chi connectivity index (χ0n) is 15.1. The summed E-state index contributed by atoms with van der Waals surface area (Å²) in [5.41, 5.74) is 0.820. The minimum absolute atomic E-state index is 0.119. The SMILES string of the molecule is COc1cc(C=CC(=O)N(C)CCOc2ccc(Cl)cc2)cc(OC)c1. The van der Waals surface area contributed by atoms with Crippen molar-refractivity contribution in [1.29, 1.82) is 0 Å². The van der Waals surface area contributed by atoms with E-state index in [0.29, 0.717) is 35.4 Å². The highest BCUT2D eigenvalue weighted by Crippen LogP contribution is 2.23. The monoisotopic (exact) mass is 375 g/mol. The van der Waals surface area contributed by atoms with Gasteiger partial charge in [0.1, 0.15) is 23.9 Å². The normalized spacial score (nSPS) is 10.6. The van der Waals surface area contributed by atoms with Crippen LogP contribution >= 0.6 is 11.6 Å². The van der Waals surface area contributed by atoms with Crippen molar-refractivity contribution in [2.24, 2.45) is 0 Å². The highest BCUT2D eigenvalue weighted by atomic mass is 35.5. The minimum Gasteiger partial charge on any atom is -0.497 e. The maximum atomic E-state index is 12.2. The molecule has 0 spiro atoms. The molecular formula is C20H22ClNO4. The largest absolute Gasteiger partial charge is 0.497 e. The molecular weight excluding hydrogens is 354 g/mol. The number of hydrogen-bond donors (Lipinski definition) is 0. The average molecular weight is 376 g/mol. The molecule has 2 rings (SSSR count). The van der Waals surface area contributed by atoms with Crippen LogP contribution in [-0.2, 0) is 4.79 Å². The van der Waals surface area contributed by atoms with E-state index < -0.39 is 0 Å². The van der Waals surface area contributed by atoms with Gasteiger partial charge in [-0.15, -0.1) is 0 Å². The van der Waals surface area contributed by atoms with E-state index in [2.05, 4.69) is 0 Å². The molecule has 0 saturated heterocycles. The van der Waals surface area contributed by atoms with Crippen molar-refractivity contribution >= 4 is 23.6 Å². The molecule has 2 aromatic carbocycles. The molecule has 26 heavy (non-hydrogen) atoms. The molecule has 0 aliphatic carbocycles. The molecule has 0 bridgehead atoms. The highest BCUT2D eigenvalue weighted by molar-refractivity contribution is 6.30. The average Bonchev–Trinajstić information content (AvgIpc) is 2.67. The molecule has 6 heteroatoms. The molecule has 0 saturated carbocycles. The van der Waals surface area contributed by atoms with Crippen LogP contribution in [0.3, 0.4) is 0 Å². The molecule has 1 amide bonds. The Morgan fingerprint density at radius 3 is 2.23 bits per heavy atom. The van der Waals surface area contributed by atoms with E-state index in [9.17, 15) is 4.79 Å². The molecule has 2 aromatic rings. The van der Waals surface area contributed by atoms with E-state index in [1.165, 1.54) is 6.08 Å². The quantitative estimate of drug-likeness (QED) is 0.656. The van der Waals surface area contributed by atoms with Gasteiger partial charge < -0.3 is 19.1 Å². The fourth-order valence-corrected chi connectivity index (χ4v) is 2.29. The van der Waals surface area contributed by atoms with Gasteiger partial charge in [0.2, 0.25) is 5.91 Å². The van der Waals surface area contributed by atoms with E-state index in [0.717, 1.165) is 5.56 Å². The van der Waals surface area contributed by atoms with Crippen molar-refractivity contribution in [2.45, 2.75) is 0 Å². The zero-order chi connectivity index (χ0) is 18.9. The first kappa shape index (κ1) is 19.7. The summed E-state index contributed by atoms with van der Waals surface area (Å²) in [5, 5.41) is 0.656. The molecule has 138 valence electrons. The van der Waals surface area contributed by atoms with Crippen molar-refractivity contribution in [3.8, 4) is 17.2 Å². The summed E-state index contributed by atoms with van der Waals surface area (Å²) in [5.74, 6) is 1.93. The van der Waals surface area contributed by atoms with Crippen molar-refractivity contribution < 1.29 is 19.0 Å². The third kappa shape index (κ3) is 6.01. The molecule has 0 atom stereocenters. The fourth-order valence-electron chi connectivity index (χ4n) is 2.16. The standard InChI is InChI=1S/C20H22ClNO4/c1-22(10-11-26-17-7-5-16(21)6-8-17)20(23)9-4-15-12-18(24-2)14-19(13-15)25-3/h4-9,12-14H,10-11H2,1-3H3. The number of amides is 1. The summed E-state index contributed by atoms with van der Waals surface area (Å²) in [6, 6.07) is 12.5. The third-order valence-corrected chi connectivity index (χ3v) is 3.93. The minimum atomic E-state index is -0.119. The van der Waals surface area contributed by atoms with Crippen LogP contribution in [0.4, 0.5) is 0 Å². The number of carbonyl (C=O) groups is 1. The molecule has 5 nitrogen and oxygen atoms in total. The van der Waals surface area contributed by atoms with Gasteiger partial charge in [-0.3, -0.25) is 4.79 Å². The molecule has 0 fully saturated rings. The number of rotatable bonds is 8. The molecule has 0 unspecified atom stereocenters. The van der Waals surface area contributed by atoms with E-state index in [4.69, 9.17) is 25.8 Å². The molecule has 0 radical (unpaired) electrons. The fraction of sp³-hybridized carbons (Fsp3) is 0.250. The second-order valence-corrected chi connectivity index (χ2v) is 5.98. The number of carbonyl (C=O) groups excluding carboxylic acids is 1. The van der Waals surface area contributed by atoms with Gasteiger partial charge >= 0.3 is 0 Å². The van der Waals surface area contributed by atoms with Gasteiger partial charge in [-0.25, -0.2) is 0 Å². The lowest BCUT2D eigenvalue weighted by Gasteiger charge is -2.15. The van der Waals surface area contributed by atoms with Crippen LogP contribution in [0.1, 0.15) is 5.56 Å². The second kappa shape index (κ2) is 9.73. The van der Waals surface area contributed by atoms with Gasteiger partial charge in [0.15, 0.2) is 0 Å². The van der Waals surface area contributed by atoms with Crippen molar-refractivity contribution in [1.82, 2.24) is 4.90 Å². The van der Waals surface area contributed by atoms with Crippen LogP contribution in [0.25, 0.3) is 6.08 Å². The van der Waals surface area contributed by atoms with E-state index in [1.54, 1.807) is 62.6 Å². The molecule has 0 heterocycles. The first-order valence-corrected chi connectivity index (χ1v) is 8.44. The third-order valence-electron chi connectivity index (χ3n) is 3.68. The summed E-state index contributed by atoms with van der Waals surface area (Å²) in [4.78, 5) is 13.8. The van der Waals surface area contributed by atoms with Gasteiger partial charge in [0.05, 0.1) is 20.8 Å². The van der Waals surface area contributed by atoms with Crippen LogP contribution in [0, 0.1) is 0 Å². The summed E-state index contributed by atoms with van der Waals surface area (Å²) < 4.78 is 16.0. The molecule has 0 aromatic heterocycles. The predicted octanol–water partition coefficient (Wildman–Crippen LogP) is 3.91. The Hall–Kier alpha value is -2.66. The van der Waals surface area contributed by atoms with E-state index in [1.807, 2.05) is 12.1 Å². The second-order valence-electron chi connectivity index (χ2n) is 5.54. The molecule has 0 aliphatic rings. The van der Waals surface area contributed by atoms with Crippen LogP contribution in [0.5, 0.6) is 17.2 Å². The Morgan fingerprint density at radius 1 is 1.04 bits per heavy atom. The van der Waals surface area contributed by atoms with Gasteiger partial charge in [0, 0.05) is 24.2 Å². The Balaban J connectivity index is 1.87. The summed E-state index contributed by atoms with van der Waals surface area (Å²) in [7, 11) is 4.90. The van der Waals surface area contributed by atoms with Crippen LogP contribution < -0.4 is 14.2 Å². The van der Waals surface area contributed by atoms with Gasteiger partial charge in [0.25, 0.3) is 0 Å². The van der Waals surface area contributed by atoms with E-state index in [-0.39, 0.29) is 5.91 Å². The van der Waals surface area contributed by atoms with Crippen LogP contribution in [0.15, 0.2) is 48.5 Å². The maximum Gasteiger partial charge on any atom is 0.246 e. The number of likely N-dealkylation sites (N-methyl/N-ethyl adjacent to an activating group) is 1. The summed E-state index contributed by atoms with van der Waals surface area (Å²) in [6.07, 6.45) is 3.24. The Bertz CT molecular complexity index is 737. The lowest BCUT2D eigenvalue weighted by atomic mass is 10.2. The van der Waals surface area contributed by atoms with Gasteiger partial charge in [-0.05, 0) is 48.0 Å². The Kier molecular flexibility index (Phi) is 7.36. The molecule has 0 N–H and O–H groups in total. The van der Waals surface area contributed by atoms with Crippen molar-refractivity contribution in [3.05, 3.63) is 59.1 Å². The predicted molar refractivity (Wildman–Crippen MR) is 103 cm³/mol. The number of methoxy groups -OCH3 is 2. The smallest absolute Gasteiger partial charge is 0.246 e. The lowest BCUT2D eigenvalue weighted by molar-refractivity contribution is -0.125. The van der Waals surface area contributed by atoms with Crippen LogP contribution in [-0.4, -0.2) is 45.2 Å².